The van der Waals surface area contributed by atoms with Gasteiger partial charge in [0.15, 0.2) is 0 Å². The molecule has 0 aliphatic heterocycles. The zero-order chi connectivity index (χ0) is 13.4. The van der Waals surface area contributed by atoms with Gasteiger partial charge in [-0.3, -0.25) is 0 Å². The Bertz CT molecular complexity index is 358. The summed E-state index contributed by atoms with van der Waals surface area (Å²) in [6, 6.07) is 6.13. The number of benzene rings is 1. The molecular formula is C14H23BrN2O. The van der Waals surface area contributed by atoms with E-state index in [4.69, 9.17) is 4.74 Å². The minimum atomic E-state index is 0.899. The van der Waals surface area contributed by atoms with Gasteiger partial charge in [0, 0.05) is 29.7 Å². The fraction of sp³-hybridized carbons (Fsp3) is 0.571. The molecular weight excluding hydrogens is 292 g/mol. The molecule has 1 aromatic rings. The smallest absolute Gasteiger partial charge is 0.123 e. The van der Waals surface area contributed by atoms with E-state index in [1.165, 1.54) is 12.0 Å². The molecule has 0 aliphatic rings. The van der Waals surface area contributed by atoms with Gasteiger partial charge in [-0.1, -0.05) is 22.9 Å². The number of ether oxygens (including phenoxy) is 1. The first kappa shape index (κ1) is 15.5. The van der Waals surface area contributed by atoms with Crippen molar-refractivity contribution in [2.45, 2.75) is 19.9 Å². The Morgan fingerprint density at radius 2 is 2.11 bits per heavy atom. The molecule has 0 radical (unpaired) electrons. The molecule has 3 nitrogen and oxygen atoms in total. The summed E-state index contributed by atoms with van der Waals surface area (Å²) < 4.78 is 6.47. The van der Waals surface area contributed by atoms with E-state index in [1.807, 2.05) is 12.1 Å². The number of hydrogen-bond acceptors (Lipinski definition) is 3. The second kappa shape index (κ2) is 8.51. The number of nitrogens with one attached hydrogen (secondary N) is 1. The van der Waals surface area contributed by atoms with Crippen LogP contribution in [-0.4, -0.2) is 38.7 Å². The molecule has 1 N–H and O–H groups in total. The highest BCUT2D eigenvalue weighted by Gasteiger charge is 2.06. The van der Waals surface area contributed by atoms with E-state index in [-0.39, 0.29) is 0 Å². The molecule has 0 saturated heterocycles. The van der Waals surface area contributed by atoms with Crippen LogP contribution in [0.15, 0.2) is 22.7 Å². The fourth-order valence-corrected chi connectivity index (χ4v) is 2.22. The van der Waals surface area contributed by atoms with Crippen molar-refractivity contribution >= 4 is 15.9 Å². The summed E-state index contributed by atoms with van der Waals surface area (Å²) >= 11 is 3.50. The zero-order valence-corrected chi connectivity index (χ0v) is 13.1. The molecule has 18 heavy (non-hydrogen) atoms. The number of nitrogens with zero attached hydrogens (tertiary/aromatic N) is 1. The Kier molecular flexibility index (Phi) is 7.32. The van der Waals surface area contributed by atoms with Crippen molar-refractivity contribution in [2.75, 3.05) is 33.8 Å². The highest BCUT2D eigenvalue weighted by molar-refractivity contribution is 9.10. The molecule has 0 aromatic heterocycles. The standard InChI is InChI=1S/C14H23BrN2O/c1-4-7-16-8-9-17(2)11-12-10-13(15)5-6-14(12)18-3/h5-6,10,16H,4,7-9,11H2,1-3H3. The fourth-order valence-electron chi connectivity index (χ4n) is 1.81. The largest absolute Gasteiger partial charge is 0.496 e. The third-order valence-corrected chi connectivity index (χ3v) is 3.27. The summed E-state index contributed by atoms with van der Waals surface area (Å²) in [4.78, 5) is 2.30. The van der Waals surface area contributed by atoms with Crippen LogP contribution in [0.1, 0.15) is 18.9 Å². The number of methoxy groups -OCH3 is 1. The second-order valence-corrected chi connectivity index (χ2v) is 5.36. The Morgan fingerprint density at radius 1 is 1.33 bits per heavy atom. The van der Waals surface area contributed by atoms with Crippen molar-refractivity contribution in [1.82, 2.24) is 10.2 Å². The van der Waals surface area contributed by atoms with Crippen LogP contribution in [0.3, 0.4) is 0 Å². The first-order valence-corrected chi connectivity index (χ1v) is 7.18. The molecule has 0 heterocycles. The van der Waals surface area contributed by atoms with Crippen LogP contribution in [-0.2, 0) is 6.54 Å². The first-order valence-electron chi connectivity index (χ1n) is 6.39. The van der Waals surface area contributed by atoms with E-state index in [0.717, 1.165) is 36.4 Å². The molecule has 0 saturated carbocycles. The van der Waals surface area contributed by atoms with Crippen LogP contribution in [0, 0.1) is 0 Å². The molecule has 0 spiro atoms. The lowest BCUT2D eigenvalue weighted by molar-refractivity contribution is 0.315. The summed E-state index contributed by atoms with van der Waals surface area (Å²) in [5.41, 5.74) is 1.21. The Balaban J connectivity index is 2.47. The van der Waals surface area contributed by atoms with Crippen LogP contribution >= 0.6 is 15.9 Å². The molecule has 1 aromatic carbocycles. The third-order valence-electron chi connectivity index (χ3n) is 2.78. The van der Waals surface area contributed by atoms with E-state index in [1.54, 1.807) is 7.11 Å². The van der Waals surface area contributed by atoms with E-state index in [2.05, 4.69) is 46.2 Å². The normalized spacial score (nSPS) is 10.9. The Labute approximate surface area is 119 Å². The van der Waals surface area contributed by atoms with E-state index in [0.29, 0.717) is 0 Å². The van der Waals surface area contributed by atoms with E-state index < -0.39 is 0 Å². The van der Waals surface area contributed by atoms with Crippen molar-refractivity contribution in [1.29, 1.82) is 0 Å². The molecule has 4 heteroatoms. The maximum absolute atomic E-state index is 5.38. The maximum Gasteiger partial charge on any atom is 0.123 e. The first-order chi connectivity index (χ1) is 8.67. The van der Waals surface area contributed by atoms with Gasteiger partial charge in [-0.2, -0.15) is 0 Å². The number of rotatable bonds is 8. The molecule has 102 valence electrons. The van der Waals surface area contributed by atoms with Gasteiger partial charge in [-0.25, -0.2) is 0 Å². The summed E-state index contributed by atoms with van der Waals surface area (Å²) in [7, 11) is 3.85. The van der Waals surface area contributed by atoms with Crippen LogP contribution in [0.4, 0.5) is 0 Å². The molecule has 0 fully saturated rings. The summed E-state index contributed by atoms with van der Waals surface area (Å²) in [5, 5.41) is 3.41. The van der Waals surface area contributed by atoms with Crippen molar-refractivity contribution in [2.24, 2.45) is 0 Å². The lowest BCUT2D eigenvalue weighted by Gasteiger charge is -2.18. The predicted octanol–water partition coefficient (Wildman–Crippen LogP) is 2.89. The van der Waals surface area contributed by atoms with Gasteiger partial charge in [-0.05, 0) is 38.2 Å². The van der Waals surface area contributed by atoms with Crippen LogP contribution < -0.4 is 10.1 Å². The van der Waals surface area contributed by atoms with E-state index >= 15 is 0 Å². The van der Waals surface area contributed by atoms with Crippen molar-refractivity contribution in [3.63, 3.8) is 0 Å². The summed E-state index contributed by atoms with van der Waals surface area (Å²) in [6.45, 7) is 6.24. The van der Waals surface area contributed by atoms with Crippen LogP contribution in [0.5, 0.6) is 5.75 Å². The number of likely N-dealkylation sites (N-methyl/N-ethyl adjacent to an activating group) is 1. The van der Waals surface area contributed by atoms with Gasteiger partial charge < -0.3 is 15.0 Å². The maximum atomic E-state index is 5.38. The minimum absolute atomic E-state index is 0.899. The van der Waals surface area contributed by atoms with Crippen molar-refractivity contribution < 1.29 is 4.74 Å². The highest BCUT2D eigenvalue weighted by Crippen LogP contribution is 2.23. The molecule has 0 atom stereocenters. The third kappa shape index (κ3) is 5.38. The molecule has 0 unspecified atom stereocenters. The SMILES string of the molecule is CCCNCCN(C)Cc1cc(Br)ccc1OC. The number of halogens is 1. The van der Waals surface area contributed by atoms with Crippen molar-refractivity contribution in [3.8, 4) is 5.75 Å². The monoisotopic (exact) mass is 314 g/mol. The predicted molar refractivity (Wildman–Crippen MR) is 80.2 cm³/mol. The van der Waals surface area contributed by atoms with Gasteiger partial charge in [-0.15, -0.1) is 0 Å². The van der Waals surface area contributed by atoms with Crippen LogP contribution in [0.2, 0.25) is 0 Å². The second-order valence-electron chi connectivity index (χ2n) is 4.44. The Morgan fingerprint density at radius 3 is 2.78 bits per heavy atom. The average molecular weight is 315 g/mol. The number of hydrogen-bond donors (Lipinski definition) is 1. The van der Waals surface area contributed by atoms with Gasteiger partial charge in [0.05, 0.1) is 7.11 Å². The molecule has 0 amide bonds. The van der Waals surface area contributed by atoms with Crippen LogP contribution in [0.25, 0.3) is 0 Å². The lowest BCUT2D eigenvalue weighted by Crippen LogP contribution is -2.29. The van der Waals surface area contributed by atoms with Gasteiger partial charge in [0.2, 0.25) is 0 Å². The molecule has 0 bridgehead atoms. The molecule has 0 aliphatic carbocycles. The highest BCUT2D eigenvalue weighted by atomic mass is 79.9. The molecule has 1 rings (SSSR count). The summed E-state index contributed by atoms with van der Waals surface area (Å²) in [5.74, 6) is 0.951. The van der Waals surface area contributed by atoms with Crippen molar-refractivity contribution in [3.05, 3.63) is 28.2 Å². The summed E-state index contributed by atoms with van der Waals surface area (Å²) in [6.07, 6.45) is 1.18. The van der Waals surface area contributed by atoms with Gasteiger partial charge in [0.1, 0.15) is 5.75 Å². The average Bonchev–Trinajstić information content (AvgIpc) is 2.35. The van der Waals surface area contributed by atoms with Gasteiger partial charge in [0.25, 0.3) is 0 Å². The van der Waals surface area contributed by atoms with E-state index in [9.17, 15) is 0 Å². The quantitative estimate of drug-likeness (QED) is 0.747. The topological polar surface area (TPSA) is 24.5 Å². The Hall–Kier alpha value is -0.580. The zero-order valence-electron chi connectivity index (χ0n) is 11.5. The minimum Gasteiger partial charge on any atom is -0.496 e. The lowest BCUT2D eigenvalue weighted by atomic mass is 10.2. The van der Waals surface area contributed by atoms with Gasteiger partial charge >= 0.3 is 0 Å².